The van der Waals surface area contributed by atoms with Gasteiger partial charge in [-0.3, -0.25) is 4.79 Å². The zero-order valence-corrected chi connectivity index (χ0v) is 13.3. The molecule has 3 unspecified atom stereocenters. The summed E-state index contributed by atoms with van der Waals surface area (Å²) < 4.78 is 0. The molecule has 20 heavy (non-hydrogen) atoms. The molecule has 2 rings (SSSR count). The third-order valence-electron chi connectivity index (χ3n) is 4.97. The van der Waals surface area contributed by atoms with E-state index >= 15 is 0 Å². The molecule has 3 heteroatoms. The van der Waals surface area contributed by atoms with Gasteiger partial charge < -0.3 is 10.6 Å². The number of piperidine rings is 1. The largest absolute Gasteiger partial charge is 0.355 e. The molecule has 2 aliphatic rings. The van der Waals surface area contributed by atoms with Crippen LogP contribution in [0.4, 0.5) is 0 Å². The number of hydrogen-bond acceptors (Lipinski definition) is 2. The van der Waals surface area contributed by atoms with Crippen molar-refractivity contribution in [3.05, 3.63) is 0 Å². The Morgan fingerprint density at radius 1 is 1.15 bits per heavy atom. The quantitative estimate of drug-likeness (QED) is 0.733. The summed E-state index contributed by atoms with van der Waals surface area (Å²) in [5, 5.41) is 6.72. The fraction of sp³-hybridized carbons (Fsp3) is 0.941. The first kappa shape index (κ1) is 15.8. The van der Waals surface area contributed by atoms with Crippen molar-refractivity contribution in [1.29, 1.82) is 0 Å². The van der Waals surface area contributed by atoms with Crippen molar-refractivity contribution >= 4 is 5.91 Å². The lowest BCUT2D eigenvalue weighted by molar-refractivity contribution is -0.124. The van der Waals surface area contributed by atoms with Crippen molar-refractivity contribution in [3.63, 3.8) is 0 Å². The summed E-state index contributed by atoms with van der Waals surface area (Å²) in [6.07, 6.45) is 11.2. The van der Waals surface area contributed by atoms with E-state index in [1.165, 1.54) is 44.9 Å². The molecule has 1 heterocycles. The first-order valence-electron chi connectivity index (χ1n) is 8.70. The van der Waals surface area contributed by atoms with Crippen molar-refractivity contribution in [3.8, 4) is 0 Å². The van der Waals surface area contributed by atoms with E-state index in [-0.39, 0.29) is 11.9 Å². The molecule has 3 nitrogen and oxygen atoms in total. The van der Waals surface area contributed by atoms with Gasteiger partial charge in [-0.2, -0.15) is 0 Å². The average molecular weight is 280 g/mol. The van der Waals surface area contributed by atoms with Crippen LogP contribution < -0.4 is 10.6 Å². The molecule has 0 spiro atoms. The summed E-state index contributed by atoms with van der Waals surface area (Å²) in [7, 11) is 0. The minimum absolute atomic E-state index is 0.0689. The molecule has 0 aromatic carbocycles. The molecule has 2 fully saturated rings. The van der Waals surface area contributed by atoms with Crippen molar-refractivity contribution in [1.82, 2.24) is 10.6 Å². The molecule has 1 aliphatic carbocycles. The van der Waals surface area contributed by atoms with Crippen molar-refractivity contribution in [2.24, 2.45) is 11.8 Å². The Bertz CT molecular complexity index is 303. The normalized spacial score (nSPS) is 30.1. The van der Waals surface area contributed by atoms with Crippen LogP contribution in [0.5, 0.6) is 0 Å². The molecule has 2 N–H and O–H groups in total. The summed E-state index contributed by atoms with van der Waals surface area (Å²) in [5.74, 6) is 1.84. The molecular weight excluding hydrogens is 248 g/mol. The monoisotopic (exact) mass is 280 g/mol. The smallest absolute Gasteiger partial charge is 0.237 e. The van der Waals surface area contributed by atoms with E-state index in [1.807, 2.05) is 0 Å². The van der Waals surface area contributed by atoms with Gasteiger partial charge in [0.05, 0.1) is 6.04 Å². The molecule has 1 saturated carbocycles. The lowest BCUT2D eigenvalue weighted by Crippen LogP contribution is -2.55. The van der Waals surface area contributed by atoms with Crippen LogP contribution in [-0.2, 0) is 4.79 Å². The first-order chi connectivity index (χ1) is 9.66. The standard InChI is InChI=1S/C17H32N2O/c1-13(2)7-5-6-12-18-17(20)16-11-10-14-8-3-4-9-15(14)19-16/h13-16,19H,3-12H2,1-2H3,(H,18,20). The van der Waals surface area contributed by atoms with Gasteiger partial charge in [-0.1, -0.05) is 39.5 Å². The van der Waals surface area contributed by atoms with Gasteiger partial charge in [-0.25, -0.2) is 0 Å². The van der Waals surface area contributed by atoms with Gasteiger partial charge in [0.1, 0.15) is 0 Å². The van der Waals surface area contributed by atoms with E-state index in [1.54, 1.807) is 0 Å². The Hall–Kier alpha value is -0.570. The Kier molecular flexibility index (Phi) is 6.34. The Morgan fingerprint density at radius 3 is 2.75 bits per heavy atom. The second kappa shape index (κ2) is 8.02. The molecule has 0 bridgehead atoms. The van der Waals surface area contributed by atoms with Crippen molar-refractivity contribution < 1.29 is 4.79 Å². The minimum Gasteiger partial charge on any atom is -0.355 e. The minimum atomic E-state index is 0.0689. The lowest BCUT2D eigenvalue weighted by atomic mass is 9.77. The molecule has 0 radical (unpaired) electrons. The summed E-state index contributed by atoms with van der Waals surface area (Å²) >= 11 is 0. The second-order valence-corrected chi connectivity index (χ2v) is 7.13. The number of nitrogens with one attached hydrogen (secondary N) is 2. The highest BCUT2D eigenvalue weighted by atomic mass is 16.2. The molecule has 0 aromatic rings. The Balaban J connectivity index is 1.63. The number of hydrogen-bond donors (Lipinski definition) is 2. The Morgan fingerprint density at radius 2 is 1.95 bits per heavy atom. The number of carbonyl (C=O) groups is 1. The highest BCUT2D eigenvalue weighted by Gasteiger charge is 2.34. The highest BCUT2D eigenvalue weighted by molar-refractivity contribution is 5.81. The molecule has 1 amide bonds. The van der Waals surface area contributed by atoms with Gasteiger partial charge >= 0.3 is 0 Å². The van der Waals surface area contributed by atoms with Gasteiger partial charge in [0.2, 0.25) is 5.91 Å². The maximum absolute atomic E-state index is 12.2. The third kappa shape index (κ3) is 4.76. The van der Waals surface area contributed by atoms with E-state index in [2.05, 4.69) is 24.5 Å². The molecule has 0 aromatic heterocycles. The molecular formula is C17H32N2O. The van der Waals surface area contributed by atoms with E-state index < -0.39 is 0 Å². The molecule has 3 atom stereocenters. The summed E-state index contributed by atoms with van der Waals surface area (Å²) in [6, 6.07) is 0.675. The third-order valence-corrected chi connectivity index (χ3v) is 4.97. The number of unbranched alkanes of at least 4 members (excludes halogenated alkanes) is 1. The van der Waals surface area contributed by atoms with Crippen molar-refractivity contribution in [2.45, 2.75) is 83.7 Å². The second-order valence-electron chi connectivity index (χ2n) is 7.13. The average Bonchev–Trinajstić information content (AvgIpc) is 2.46. The molecule has 1 aliphatic heterocycles. The topological polar surface area (TPSA) is 41.1 Å². The van der Waals surface area contributed by atoms with Crippen LogP contribution in [0, 0.1) is 11.8 Å². The van der Waals surface area contributed by atoms with Crippen LogP contribution in [0.2, 0.25) is 0 Å². The van der Waals surface area contributed by atoms with Crippen LogP contribution in [0.1, 0.15) is 71.6 Å². The number of amides is 1. The predicted octanol–water partition coefficient (Wildman–Crippen LogP) is 3.24. The summed E-state index contributed by atoms with van der Waals surface area (Å²) in [4.78, 5) is 12.2. The van der Waals surface area contributed by atoms with Gasteiger partial charge in [-0.05, 0) is 43.9 Å². The van der Waals surface area contributed by atoms with E-state index in [0.717, 1.165) is 31.2 Å². The zero-order valence-electron chi connectivity index (χ0n) is 13.3. The molecule has 116 valence electrons. The van der Waals surface area contributed by atoms with Crippen LogP contribution in [0.25, 0.3) is 0 Å². The lowest BCUT2D eigenvalue weighted by Gasteiger charge is -2.39. The number of rotatable bonds is 6. The number of fused-ring (bicyclic) bond motifs is 1. The van der Waals surface area contributed by atoms with Crippen LogP contribution in [-0.4, -0.2) is 24.5 Å². The van der Waals surface area contributed by atoms with E-state index in [0.29, 0.717) is 6.04 Å². The van der Waals surface area contributed by atoms with Crippen molar-refractivity contribution in [2.75, 3.05) is 6.54 Å². The zero-order chi connectivity index (χ0) is 14.4. The fourth-order valence-electron chi connectivity index (χ4n) is 3.71. The van der Waals surface area contributed by atoms with E-state index in [4.69, 9.17) is 0 Å². The summed E-state index contributed by atoms with van der Waals surface area (Å²) in [6.45, 7) is 5.36. The van der Waals surface area contributed by atoms with Gasteiger partial charge in [0.15, 0.2) is 0 Å². The first-order valence-corrected chi connectivity index (χ1v) is 8.70. The summed E-state index contributed by atoms with van der Waals surface area (Å²) in [5.41, 5.74) is 0. The van der Waals surface area contributed by atoms with Crippen LogP contribution >= 0.6 is 0 Å². The van der Waals surface area contributed by atoms with Crippen LogP contribution in [0.15, 0.2) is 0 Å². The maximum Gasteiger partial charge on any atom is 0.237 e. The van der Waals surface area contributed by atoms with E-state index in [9.17, 15) is 4.79 Å². The van der Waals surface area contributed by atoms with Gasteiger partial charge in [-0.15, -0.1) is 0 Å². The SMILES string of the molecule is CC(C)CCCCNC(=O)C1CCC2CCCCC2N1. The van der Waals surface area contributed by atoms with Gasteiger partial charge in [0, 0.05) is 12.6 Å². The number of carbonyl (C=O) groups excluding carboxylic acids is 1. The highest BCUT2D eigenvalue weighted by Crippen LogP contribution is 2.32. The van der Waals surface area contributed by atoms with Crippen LogP contribution in [0.3, 0.4) is 0 Å². The Labute approximate surface area is 124 Å². The molecule has 1 saturated heterocycles. The fourth-order valence-corrected chi connectivity index (χ4v) is 3.71. The predicted molar refractivity (Wildman–Crippen MR) is 83.6 cm³/mol. The maximum atomic E-state index is 12.2. The van der Waals surface area contributed by atoms with Gasteiger partial charge in [0.25, 0.3) is 0 Å².